The summed E-state index contributed by atoms with van der Waals surface area (Å²) in [6.07, 6.45) is 0.603. The first-order chi connectivity index (χ1) is 8.97. The molecular formula is C13H24N2O4. The van der Waals surface area contributed by atoms with Gasteiger partial charge in [-0.1, -0.05) is 6.92 Å². The molecule has 6 heteroatoms. The topological polar surface area (TPSA) is 78.9 Å². The third-order valence-electron chi connectivity index (χ3n) is 3.79. The number of hydrogen-bond acceptors (Lipinski definition) is 4. The first kappa shape index (κ1) is 15.9. The number of piperidine rings is 1. The number of ether oxygens (including phenoxy) is 1. The number of carbonyl (C=O) groups is 2. The average Bonchev–Trinajstić information content (AvgIpc) is 2.37. The highest BCUT2D eigenvalue weighted by molar-refractivity contribution is 5.81. The highest BCUT2D eigenvalue weighted by Crippen LogP contribution is 2.24. The van der Waals surface area contributed by atoms with Gasteiger partial charge in [-0.3, -0.25) is 14.5 Å². The molecule has 19 heavy (non-hydrogen) atoms. The van der Waals surface area contributed by atoms with E-state index in [2.05, 4.69) is 5.32 Å². The largest absolute Gasteiger partial charge is 0.481 e. The molecule has 1 rings (SSSR count). The molecule has 0 saturated carbocycles. The number of nitrogens with one attached hydrogen (secondary N) is 1. The van der Waals surface area contributed by atoms with Gasteiger partial charge in [0.25, 0.3) is 0 Å². The summed E-state index contributed by atoms with van der Waals surface area (Å²) in [5.41, 5.74) is 0. The predicted octanol–water partition coefficient (Wildman–Crippen LogP) is 0.180. The molecule has 6 nitrogen and oxygen atoms in total. The minimum absolute atomic E-state index is 0.0296. The molecule has 1 aliphatic rings. The Morgan fingerprint density at radius 1 is 1.53 bits per heavy atom. The van der Waals surface area contributed by atoms with Crippen molar-refractivity contribution in [3.8, 4) is 0 Å². The van der Waals surface area contributed by atoms with Crippen molar-refractivity contribution in [2.45, 2.75) is 26.3 Å². The SMILES string of the molecule is COCCNC(=O)C(C)N1CCC(C(=O)O)C(C)C1. The van der Waals surface area contributed by atoms with Gasteiger partial charge in [-0.05, 0) is 25.8 Å². The van der Waals surface area contributed by atoms with E-state index in [1.165, 1.54) is 0 Å². The quantitative estimate of drug-likeness (QED) is 0.674. The van der Waals surface area contributed by atoms with Crippen LogP contribution in [-0.2, 0) is 14.3 Å². The zero-order valence-corrected chi connectivity index (χ0v) is 11.9. The summed E-state index contributed by atoms with van der Waals surface area (Å²) in [5, 5.41) is 11.9. The fraction of sp³-hybridized carbons (Fsp3) is 0.846. The van der Waals surface area contributed by atoms with Gasteiger partial charge >= 0.3 is 5.97 Å². The van der Waals surface area contributed by atoms with E-state index >= 15 is 0 Å². The Bertz CT molecular complexity index is 322. The molecule has 110 valence electrons. The molecule has 1 saturated heterocycles. The summed E-state index contributed by atoms with van der Waals surface area (Å²) in [4.78, 5) is 25.0. The maximum absolute atomic E-state index is 11.9. The number of likely N-dealkylation sites (tertiary alicyclic amines) is 1. The second-order valence-electron chi connectivity index (χ2n) is 5.17. The molecule has 0 aliphatic carbocycles. The molecule has 1 fully saturated rings. The Balaban J connectivity index is 2.44. The van der Waals surface area contributed by atoms with Crippen molar-refractivity contribution in [1.29, 1.82) is 0 Å². The zero-order valence-electron chi connectivity index (χ0n) is 11.9. The van der Waals surface area contributed by atoms with Gasteiger partial charge in [-0.15, -0.1) is 0 Å². The lowest BCUT2D eigenvalue weighted by Crippen LogP contribution is -2.51. The number of amides is 1. The van der Waals surface area contributed by atoms with Crippen molar-refractivity contribution >= 4 is 11.9 Å². The summed E-state index contributed by atoms with van der Waals surface area (Å²) in [7, 11) is 1.59. The molecule has 3 atom stereocenters. The lowest BCUT2D eigenvalue weighted by Gasteiger charge is -2.37. The highest BCUT2D eigenvalue weighted by atomic mass is 16.5. The van der Waals surface area contributed by atoms with E-state index in [1.807, 2.05) is 18.7 Å². The molecule has 0 spiro atoms. The van der Waals surface area contributed by atoms with Crippen molar-refractivity contribution < 1.29 is 19.4 Å². The molecule has 1 heterocycles. The first-order valence-electron chi connectivity index (χ1n) is 6.70. The Kier molecular flexibility index (Phi) is 6.24. The Hall–Kier alpha value is -1.14. The molecule has 3 unspecified atom stereocenters. The van der Waals surface area contributed by atoms with Crippen molar-refractivity contribution in [2.24, 2.45) is 11.8 Å². The Labute approximate surface area is 114 Å². The monoisotopic (exact) mass is 272 g/mol. The van der Waals surface area contributed by atoms with E-state index in [4.69, 9.17) is 9.84 Å². The third-order valence-corrected chi connectivity index (χ3v) is 3.79. The van der Waals surface area contributed by atoms with Crippen LogP contribution in [0, 0.1) is 11.8 Å². The van der Waals surface area contributed by atoms with Gasteiger partial charge in [0.1, 0.15) is 0 Å². The van der Waals surface area contributed by atoms with Crippen LogP contribution in [0.2, 0.25) is 0 Å². The minimum atomic E-state index is -0.732. The molecule has 0 aromatic carbocycles. The molecule has 0 aromatic rings. The van der Waals surface area contributed by atoms with Crippen molar-refractivity contribution in [3.63, 3.8) is 0 Å². The van der Waals surface area contributed by atoms with E-state index in [0.29, 0.717) is 32.7 Å². The van der Waals surface area contributed by atoms with E-state index in [1.54, 1.807) is 7.11 Å². The smallest absolute Gasteiger partial charge is 0.306 e. The van der Waals surface area contributed by atoms with Crippen LogP contribution in [0.3, 0.4) is 0 Å². The van der Waals surface area contributed by atoms with Crippen LogP contribution in [0.15, 0.2) is 0 Å². The molecule has 0 radical (unpaired) electrons. The van der Waals surface area contributed by atoms with E-state index in [0.717, 1.165) is 0 Å². The summed E-state index contributed by atoms with van der Waals surface area (Å²) >= 11 is 0. The van der Waals surface area contributed by atoms with Gasteiger partial charge in [0, 0.05) is 20.2 Å². The van der Waals surface area contributed by atoms with Gasteiger partial charge in [-0.2, -0.15) is 0 Å². The summed E-state index contributed by atoms with van der Waals surface area (Å²) < 4.78 is 4.88. The predicted molar refractivity (Wildman–Crippen MR) is 70.8 cm³/mol. The number of aliphatic carboxylic acids is 1. The van der Waals surface area contributed by atoms with E-state index in [-0.39, 0.29) is 23.8 Å². The maximum Gasteiger partial charge on any atom is 0.306 e. The fourth-order valence-electron chi connectivity index (χ4n) is 2.49. The van der Waals surface area contributed by atoms with Crippen LogP contribution in [0.5, 0.6) is 0 Å². The second-order valence-corrected chi connectivity index (χ2v) is 5.17. The summed E-state index contributed by atoms with van der Waals surface area (Å²) in [5.74, 6) is -0.983. The number of carboxylic acids is 1. The molecule has 1 amide bonds. The fourth-order valence-corrected chi connectivity index (χ4v) is 2.49. The van der Waals surface area contributed by atoms with Crippen molar-refractivity contribution in [2.75, 3.05) is 33.4 Å². The average molecular weight is 272 g/mol. The molecule has 1 aliphatic heterocycles. The van der Waals surface area contributed by atoms with E-state index in [9.17, 15) is 9.59 Å². The Morgan fingerprint density at radius 2 is 2.21 bits per heavy atom. The minimum Gasteiger partial charge on any atom is -0.481 e. The molecular weight excluding hydrogens is 248 g/mol. The van der Waals surface area contributed by atoms with E-state index < -0.39 is 5.97 Å². The number of methoxy groups -OCH3 is 1. The van der Waals surface area contributed by atoms with Gasteiger partial charge < -0.3 is 15.2 Å². The summed E-state index contributed by atoms with van der Waals surface area (Å²) in [6, 6.07) is -0.228. The van der Waals surface area contributed by atoms with Crippen LogP contribution in [0.25, 0.3) is 0 Å². The second kappa shape index (κ2) is 7.45. The highest BCUT2D eigenvalue weighted by Gasteiger charge is 2.34. The maximum atomic E-state index is 11.9. The van der Waals surface area contributed by atoms with Crippen LogP contribution >= 0.6 is 0 Å². The van der Waals surface area contributed by atoms with Crippen molar-refractivity contribution in [3.05, 3.63) is 0 Å². The lowest BCUT2D eigenvalue weighted by atomic mass is 9.86. The van der Waals surface area contributed by atoms with Gasteiger partial charge in [-0.25, -0.2) is 0 Å². The van der Waals surface area contributed by atoms with Crippen LogP contribution in [0.4, 0.5) is 0 Å². The molecule has 0 aromatic heterocycles. The summed E-state index contributed by atoms with van der Waals surface area (Å²) in [6.45, 7) is 6.09. The van der Waals surface area contributed by atoms with Gasteiger partial charge in [0.05, 0.1) is 18.6 Å². The first-order valence-corrected chi connectivity index (χ1v) is 6.70. The Morgan fingerprint density at radius 3 is 2.74 bits per heavy atom. The normalized spacial score (nSPS) is 25.8. The number of carboxylic acid groups (broad SMARTS) is 1. The van der Waals surface area contributed by atoms with Crippen LogP contribution in [0.1, 0.15) is 20.3 Å². The lowest BCUT2D eigenvalue weighted by molar-refractivity contribution is -0.146. The third kappa shape index (κ3) is 4.47. The number of nitrogens with zero attached hydrogens (tertiary/aromatic N) is 1. The zero-order chi connectivity index (χ0) is 14.4. The number of carbonyl (C=O) groups excluding carboxylic acids is 1. The standard InChI is InChI=1S/C13H24N2O4/c1-9-8-15(6-4-11(9)13(17)18)10(2)12(16)14-5-7-19-3/h9-11H,4-8H2,1-3H3,(H,14,16)(H,17,18). The van der Waals surface area contributed by atoms with Crippen LogP contribution in [-0.4, -0.2) is 61.3 Å². The molecule has 0 bridgehead atoms. The van der Waals surface area contributed by atoms with Gasteiger partial charge in [0.2, 0.25) is 5.91 Å². The van der Waals surface area contributed by atoms with Gasteiger partial charge in [0.15, 0.2) is 0 Å². The number of rotatable bonds is 6. The number of hydrogen-bond donors (Lipinski definition) is 2. The van der Waals surface area contributed by atoms with Crippen LogP contribution < -0.4 is 5.32 Å². The van der Waals surface area contributed by atoms with Crippen molar-refractivity contribution in [1.82, 2.24) is 10.2 Å². The molecule has 2 N–H and O–H groups in total.